The Labute approximate surface area is 122 Å². The van der Waals surface area contributed by atoms with Crippen molar-refractivity contribution >= 4 is 17.2 Å². The summed E-state index contributed by atoms with van der Waals surface area (Å²) >= 11 is 1.47. The summed E-state index contributed by atoms with van der Waals surface area (Å²) in [4.78, 5) is 15.1. The van der Waals surface area contributed by atoms with E-state index in [1.54, 1.807) is 4.90 Å². The van der Waals surface area contributed by atoms with Gasteiger partial charge in [0.2, 0.25) is 0 Å². The van der Waals surface area contributed by atoms with E-state index in [1.807, 2.05) is 25.3 Å². The molecular formula is C15H18N2O2S. The molecule has 0 bridgehead atoms. The first-order valence-electron chi connectivity index (χ1n) is 6.78. The quantitative estimate of drug-likeness (QED) is 0.923. The Hall–Kier alpha value is -1.59. The van der Waals surface area contributed by atoms with Gasteiger partial charge in [-0.15, -0.1) is 11.3 Å². The third-order valence-corrected chi connectivity index (χ3v) is 4.69. The van der Waals surface area contributed by atoms with Crippen molar-refractivity contribution in [1.82, 2.24) is 9.47 Å². The smallest absolute Gasteiger partial charge is 0.266 e. The van der Waals surface area contributed by atoms with Crippen LogP contribution < -0.4 is 0 Å². The standard InChI is InChI=1S/C15H18N2O2S/c1-10-3-4-11(2)17(10)13-6-8-20-14(13)15(19)16-7-5-12(18)9-16/h3-4,6,8,12,18H,5,7,9H2,1-2H3/t12-/m0/s1. The van der Waals surface area contributed by atoms with Crippen molar-refractivity contribution in [2.75, 3.05) is 13.1 Å². The summed E-state index contributed by atoms with van der Waals surface area (Å²) in [6, 6.07) is 6.10. The molecule has 2 aromatic heterocycles. The van der Waals surface area contributed by atoms with E-state index in [1.165, 1.54) is 11.3 Å². The number of hydrogen-bond acceptors (Lipinski definition) is 3. The molecule has 0 aliphatic carbocycles. The van der Waals surface area contributed by atoms with Gasteiger partial charge < -0.3 is 14.6 Å². The Morgan fingerprint density at radius 1 is 1.30 bits per heavy atom. The number of aromatic nitrogens is 1. The van der Waals surface area contributed by atoms with Gasteiger partial charge in [-0.1, -0.05) is 0 Å². The van der Waals surface area contributed by atoms with Crippen LogP contribution in [0.1, 0.15) is 27.5 Å². The number of carbonyl (C=O) groups is 1. The van der Waals surface area contributed by atoms with Gasteiger partial charge in [-0.2, -0.15) is 0 Å². The Bertz CT molecular complexity index is 625. The number of hydrogen-bond donors (Lipinski definition) is 1. The molecule has 20 heavy (non-hydrogen) atoms. The summed E-state index contributed by atoms with van der Waals surface area (Å²) in [5, 5.41) is 11.5. The van der Waals surface area contributed by atoms with Gasteiger partial charge in [-0.25, -0.2) is 0 Å². The lowest BCUT2D eigenvalue weighted by Crippen LogP contribution is -2.29. The molecular weight excluding hydrogens is 272 g/mol. The van der Waals surface area contributed by atoms with Crippen LogP contribution in [-0.4, -0.2) is 39.7 Å². The van der Waals surface area contributed by atoms with Crippen LogP contribution in [0.2, 0.25) is 0 Å². The van der Waals surface area contributed by atoms with E-state index in [0.29, 0.717) is 19.5 Å². The van der Waals surface area contributed by atoms with Crippen LogP contribution in [0, 0.1) is 13.8 Å². The number of aliphatic hydroxyl groups excluding tert-OH is 1. The van der Waals surface area contributed by atoms with Crippen LogP contribution in [0.25, 0.3) is 5.69 Å². The summed E-state index contributed by atoms with van der Waals surface area (Å²) in [5.74, 6) is 0.0269. The van der Waals surface area contributed by atoms with Crippen LogP contribution in [0.3, 0.4) is 0 Å². The predicted molar refractivity (Wildman–Crippen MR) is 79.6 cm³/mol. The molecule has 1 N–H and O–H groups in total. The SMILES string of the molecule is Cc1ccc(C)n1-c1ccsc1C(=O)N1CC[C@H](O)C1. The van der Waals surface area contributed by atoms with Gasteiger partial charge in [0.25, 0.3) is 5.91 Å². The molecule has 1 aliphatic rings. The topological polar surface area (TPSA) is 45.5 Å². The van der Waals surface area contributed by atoms with Crippen LogP contribution in [-0.2, 0) is 0 Å². The zero-order valence-electron chi connectivity index (χ0n) is 11.7. The van der Waals surface area contributed by atoms with E-state index in [-0.39, 0.29) is 12.0 Å². The molecule has 4 nitrogen and oxygen atoms in total. The summed E-state index contributed by atoms with van der Waals surface area (Å²) in [6.07, 6.45) is 0.297. The normalized spacial score (nSPS) is 18.8. The van der Waals surface area contributed by atoms with Crippen molar-refractivity contribution in [3.8, 4) is 5.69 Å². The molecule has 0 saturated carbocycles. The highest BCUT2D eigenvalue weighted by Crippen LogP contribution is 2.27. The number of carbonyl (C=O) groups excluding carboxylic acids is 1. The first kappa shape index (κ1) is 13.4. The molecule has 0 radical (unpaired) electrons. The molecule has 1 amide bonds. The van der Waals surface area contributed by atoms with Gasteiger partial charge in [-0.3, -0.25) is 4.79 Å². The molecule has 3 heterocycles. The van der Waals surface area contributed by atoms with Crippen molar-refractivity contribution < 1.29 is 9.90 Å². The van der Waals surface area contributed by atoms with Crippen LogP contribution >= 0.6 is 11.3 Å². The molecule has 0 spiro atoms. The maximum absolute atomic E-state index is 12.6. The highest BCUT2D eigenvalue weighted by Gasteiger charge is 2.28. The Kier molecular flexibility index (Phi) is 3.40. The van der Waals surface area contributed by atoms with E-state index >= 15 is 0 Å². The fourth-order valence-electron chi connectivity index (χ4n) is 2.76. The molecule has 1 saturated heterocycles. The van der Waals surface area contributed by atoms with Crippen molar-refractivity contribution in [3.05, 3.63) is 39.8 Å². The lowest BCUT2D eigenvalue weighted by Gasteiger charge is -2.17. The van der Waals surface area contributed by atoms with Gasteiger partial charge in [0.05, 0.1) is 11.8 Å². The van der Waals surface area contributed by atoms with Gasteiger partial charge >= 0.3 is 0 Å². The average molecular weight is 290 g/mol. The maximum Gasteiger partial charge on any atom is 0.266 e. The first-order valence-corrected chi connectivity index (χ1v) is 7.66. The number of likely N-dealkylation sites (tertiary alicyclic amines) is 1. The fourth-order valence-corrected chi connectivity index (χ4v) is 3.60. The second kappa shape index (κ2) is 5.07. The molecule has 0 unspecified atom stereocenters. The minimum atomic E-state index is -0.377. The summed E-state index contributed by atoms with van der Waals surface area (Å²) in [5.41, 5.74) is 3.19. The molecule has 1 atom stereocenters. The van der Waals surface area contributed by atoms with Crippen LogP contribution in [0.4, 0.5) is 0 Å². The molecule has 2 aromatic rings. The maximum atomic E-state index is 12.6. The largest absolute Gasteiger partial charge is 0.391 e. The molecule has 106 valence electrons. The van der Waals surface area contributed by atoms with E-state index < -0.39 is 0 Å². The second-order valence-corrected chi connectivity index (χ2v) is 6.20. The third kappa shape index (κ3) is 2.17. The number of nitrogens with zero attached hydrogens (tertiary/aromatic N) is 2. The number of aliphatic hydroxyl groups is 1. The minimum Gasteiger partial charge on any atom is -0.391 e. The van der Waals surface area contributed by atoms with Gasteiger partial charge in [0, 0.05) is 24.5 Å². The zero-order valence-corrected chi connectivity index (χ0v) is 12.5. The summed E-state index contributed by atoms with van der Waals surface area (Å²) < 4.78 is 2.11. The molecule has 3 rings (SSSR count). The first-order chi connectivity index (χ1) is 9.58. The van der Waals surface area contributed by atoms with Crippen LogP contribution in [0.15, 0.2) is 23.6 Å². The fraction of sp³-hybridized carbons (Fsp3) is 0.400. The van der Waals surface area contributed by atoms with Crippen molar-refractivity contribution in [2.24, 2.45) is 0 Å². The van der Waals surface area contributed by atoms with E-state index in [9.17, 15) is 9.90 Å². The van der Waals surface area contributed by atoms with Gasteiger partial charge in [0.15, 0.2) is 0 Å². The van der Waals surface area contributed by atoms with Crippen molar-refractivity contribution in [3.63, 3.8) is 0 Å². The van der Waals surface area contributed by atoms with Crippen molar-refractivity contribution in [2.45, 2.75) is 26.4 Å². The lowest BCUT2D eigenvalue weighted by atomic mass is 10.3. The highest BCUT2D eigenvalue weighted by molar-refractivity contribution is 7.12. The van der Waals surface area contributed by atoms with Gasteiger partial charge in [-0.05, 0) is 43.8 Å². The molecule has 0 aromatic carbocycles. The molecule has 1 fully saturated rings. The van der Waals surface area contributed by atoms with E-state index in [4.69, 9.17) is 0 Å². The predicted octanol–water partition coefficient (Wildman–Crippen LogP) is 2.36. The van der Waals surface area contributed by atoms with Gasteiger partial charge in [0.1, 0.15) is 4.88 Å². The summed E-state index contributed by atoms with van der Waals surface area (Å²) in [7, 11) is 0. The molecule has 1 aliphatic heterocycles. The van der Waals surface area contributed by atoms with E-state index in [2.05, 4.69) is 16.7 Å². The average Bonchev–Trinajstić information content (AvgIpc) is 3.10. The van der Waals surface area contributed by atoms with Crippen LogP contribution in [0.5, 0.6) is 0 Å². The zero-order chi connectivity index (χ0) is 14.3. The Morgan fingerprint density at radius 2 is 2.00 bits per heavy atom. The third-order valence-electron chi connectivity index (χ3n) is 3.80. The Balaban J connectivity index is 1.97. The molecule has 5 heteroatoms. The number of rotatable bonds is 2. The summed E-state index contributed by atoms with van der Waals surface area (Å²) in [6.45, 7) is 5.16. The number of thiophene rings is 1. The van der Waals surface area contributed by atoms with Crippen molar-refractivity contribution in [1.29, 1.82) is 0 Å². The lowest BCUT2D eigenvalue weighted by molar-refractivity contribution is 0.0769. The van der Waals surface area contributed by atoms with E-state index in [0.717, 1.165) is 22.0 Å². The number of aryl methyl sites for hydroxylation is 2. The second-order valence-electron chi connectivity index (χ2n) is 5.28. The number of amides is 1. The highest BCUT2D eigenvalue weighted by atomic mass is 32.1. The minimum absolute atomic E-state index is 0.0269. The number of β-amino-alcohol motifs (C(OH)–C–C–N with tert-alkyl or cyclic N) is 1. The Morgan fingerprint density at radius 3 is 2.60 bits per heavy atom. The monoisotopic (exact) mass is 290 g/mol.